The summed E-state index contributed by atoms with van der Waals surface area (Å²) in [7, 11) is 1.73. The first-order chi connectivity index (χ1) is 15.9. The van der Waals surface area contributed by atoms with E-state index in [1.54, 1.807) is 29.8 Å². The Morgan fingerprint density at radius 2 is 1.85 bits per heavy atom. The molecule has 4 rings (SSSR count). The van der Waals surface area contributed by atoms with Gasteiger partial charge < -0.3 is 9.47 Å². The van der Waals surface area contributed by atoms with E-state index in [0.29, 0.717) is 16.8 Å². The van der Waals surface area contributed by atoms with Crippen LogP contribution in [0.5, 0.6) is 0 Å². The lowest BCUT2D eigenvalue weighted by Gasteiger charge is -2.48. The van der Waals surface area contributed by atoms with Crippen LogP contribution in [-0.2, 0) is 7.05 Å². The maximum absolute atomic E-state index is 12.7. The number of nitrogens with zero attached hydrogens (tertiary/aromatic N) is 6. The molecular formula is C26H28N6O. The van der Waals surface area contributed by atoms with Gasteiger partial charge in [-0.25, -0.2) is 4.98 Å². The van der Waals surface area contributed by atoms with Gasteiger partial charge in [0.2, 0.25) is 0 Å². The Bertz CT molecular complexity index is 1310. The lowest BCUT2D eigenvalue weighted by atomic mass is 9.97. The summed E-state index contributed by atoms with van der Waals surface area (Å²) in [6, 6.07) is 17.9. The summed E-state index contributed by atoms with van der Waals surface area (Å²) in [6.45, 7) is 8.15. The van der Waals surface area contributed by atoms with Crippen LogP contribution in [0.3, 0.4) is 0 Å². The molecule has 0 amide bonds. The molecule has 0 spiro atoms. The van der Waals surface area contributed by atoms with E-state index >= 15 is 0 Å². The lowest BCUT2D eigenvalue weighted by molar-refractivity contribution is 0.106. The Hall–Kier alpha value is -3.68. The normalized spacial score (nSPS) is 19.8. The Morgan fingerprint density at radius 3 is 2.48 bits per heavy atom. The van der Waals surface area contributed by atoms with Gasteiger partial charge in [-0.1, -0.05) is 19.1 Å². The van der Waals surface area contributed by atoms with Gasteiger partial charge in [0.05, 0.1) is 22.8 Å². The van der Waals surface area contributed by atoms with Gasteiger partial charge in [0, 0.05) is 44.3 Å². The molecule has 1 saturated heterocycles. The molecule has 1 aliphatic rings. The third kappa shape index (κ3) is 4.08. The van der Waals surface area contributed by atoms with Crippen molar-refractivity contribution in [2.45, 2.75) is 45.3 Å². The van der Waals surface area contributed by atoms with Crippen molar-refractivity contribution in [2.24, 2.45) is 7.05 Å². The number of rotatable bonds is 4. The van der Waals surface area contributed by atoms with Crippen LogP contribution in [0.25, 0.3) is 11.0 Å². The summed E-state index contributed by atoms with van der Waals surface area (Å²) < 4.78 is 1.58. The van der Waals surface area contributed by atoms with Crippen molar-refractivity contribution in [1.29, 1.82) is 10.5 Å². The van der Waals surface area contributed by atoms with Crippen molar-refractivity contribution >= 4 is 16.7 Å². The number of fused-ring (bicyclic) bond motifs is 1. The fraction of sp³-hybridized carbons (Fsp3) is 0.385. The SMILES string of the molecule is CC[C@@H]1CN(c2cc(=O)n(C)c3ccc(C#N)nc23)[C@@H](C)CN1C(C)c1ccc(C#N)cc1. The molecule has 1 aliphatic heterocycles. The third-order valence-corrected chi connectivity index (χ3v) is 6.87. The highest BCUT2D eigenvalue weighted by molar-refractivity contribution is 5.89. The second-order valence-corrected chi connectivity index (χ2v) is 8.77. The van der Waals surface area contributed by atoms with Crippen LogP contribution in [0.15, 0.2) is 47.3 Å². The maximum atomic E-state index is 12.7. The Morgan fingerprint density at radius 1 is 1.12 bits per heavy atom. The van der Waals surface area contributed by atoms with Crippen molar-refractivity contribution in [3.8, 4) is 12.1 Å². The third-order valence-electron chi connectivity index (χ3n) is 6.87. The van der Waals surface area contributed by atoms with E-state index in [2.05, 4.69) is 47.7 Å². The van der Waals surface area contributed by atoms with Crippen LogP contribution in [-0.4, -0.2) is 39.6 Å². The molecule has 0 radical (unpaired) electrons. The Balaban J connectivity index is 1.70. The zero-order chi connectivity index (χ0) is 23.7. The van der Waals surface area contributed by atoms with E-state index < -0.39 is 0 Å². The summed E-state index contributed by atoms with van der Waals surface area (Å²) in [5, 5.41) is 18.5. The molecule has 0 bridgehead atoms. The number of benzene rings is 1. The standard InChI is InChI=1S/C26H28N6O/c1-5-22-16-31(17(2)15-32(22)18(3)20-8-6-19(13-27)7-9-20)24-12-25(33)30(4)23-11-10-21(14-28)29-26(23)24/h6-12,17-18,22H,5,15-16H2,1-4H3/t17-,18?,22+/m0/s1. The molecule has 33 heavy (non-hydrogen) atoms. The number of piperazine rings is 1. The molecule has 1 aromatic carbocycles. The zero-order valence-corrected chi connectivity index (χ0v) is 19.5. The number of hydrogen-bond donors (Lipinski definition) is 0. The molecule has 0 aliphatic carbocycles. The molecule has 1 fully saturated rings. The minimum atomic E-state index is -0.0855. The van der Waals surface area contributed by atoms with Crippen LogP contribution in [0, 0.1) is 22.7 Å². The smallest absolute Gasteiger partial charge is 0.252 e. The van der Waals surface area contributed by atoms with Crippen LogP contribution in [0.1, 0.15) is 50.1 Å². The minimum Gasteiger partial charge on any atom is -0.364 e. The Labute approximate surface area is 194 Å². The molecule has 0 saturated carbocycles. The molecule has 1 unspecified atom stereocenters. The highest BCUT2D eigenvalue weighted by atomic mass is 16.1. The largest absolute Gasteiger partial charge is 0.364 e. The number of anilines is 1. The average Bonchev–Trinajstić information content (AvgIpc) is 2.85. The fourth-order valence-electron chi connectivity index (χ4n) is 4.86. The number of pyridine rings is 2. The quantitative estimate of drug-likeness (QED) is 0.614. The molecular weight excluding hydrogens is 412 g/mol. The van der Waals surface area contributed by atoms with Gasteiger partial charge >= 0.3 is 0 Å². The molecule has 7 heteroatoms. The van der Waals surface area contributed by atoms with Crippen LogP contribution in [0.4, 0.5) is 5.69 Å². The van der Waals surface area contributed by atoms with Gasteiger partial charge in [0.25, 0.3) is 5.56 Å². The van der Waals surface area contributed by atoms with E-state index in [1.807, 2.05) is 24.3 Å². The van der Waals surface area contributed by atoms with E-state index in [9.17, 15) is 10.1 Å². The van der Waals surface area contributed by atoms with Gasteiger partial charge in [-0.2, -0.15) is 10.5 Å². The van der Waals surface area contributed by atoms with Crippen molar-refractivity contribution in [3.63, 3.8) is 0 Å². The first-order valence-electron chi connectivity index (χ1n) is 11.3. The molecule has 2 aromatic heterocycles. The van der Waals surface area contributed by atoms with Gasteiger partial charge in [-0.15, -0.1) is 0 Å². The molecule has 168 valence electrons. The second-order valence-electron chi connectivity index (χ2n) is 8.77. The molecule has 3 atom stereocenters. The van der Waals surface area contributed by atoms with Gasteiger partial charge in [0.1, 0.15) is 17.3 Å². The highest BCUT2D eigenvalue weighted by Gasteiger charge is 2.35. The predicted molar refractivity (Wildman–Crippen MR) is 129 cm³/mol. The molecule has 7 nitrogen and oxygen atoms in total. The van der Waals surface area contributed by atoms with Crippen LogP contribution in [0.2, 0.25) is 0 Å². The monoisotopic (exact) mass is 440 g/mol. The van der Waals surface area contributed by atoms with Crippen molar-refractivity contribution in [3.05, 3.63) is 69.6 Å². The summed E-state index contributed by atoms with van der Waals surface area (Å²) in [5.41, 5.74) is 4.32. The number of hydrogen-bond acceptors (Lipinski definition) is 6. The van der Waals surface area contributed by atoms with E-state index in [-0.39, 0.29) is 23.7 Å². The fourth-order valence-corrected chi connectivity index (χ4v) is 4.86. The topological polar surface area (TPSA) is 88.9 Å². The second kappa shape index (κ2) is 9.05. The Kier molecular flexibility index (Phi) is 6.18. The summed E-state index contributed by atoms with van der Waals surface area (Å²) in [6.07, 6.45) is 0.962. The van der Waals surface area contributed by atoms with Gasteiger partial charge in [-0.3, -0.25) is 9.69 Å². The van der Waals surface area contributed by atoms with E-state index in [1.165, 1.54) is 5.56 Å². The average molecular weight is 441 g/mol. The molecule has 3 aromatic rings. The van der Waals surface area contributed by atoms with Gasteiger partial charge in [-0.05, 0) is 50.1 Å². The first kappa shape index (κ1) is 22.5. The lowest BCUT2D eigenvalue weighted by Crippen LogP contribution is -2.58. The van der Waals surface area contributed by atoms with Crippen molar-refractivity contribution in [1.82, 2.24) is 14.5 Å². The van der Waals surface area contributed by atoms with E-state index in [4.69, 9.17) is 5.26 Å². The maximum Gasteiger partial charge on any atom is 0.252 e. The number of aromatic nitrogens is 2. The van der Waals surface area contributed by atoms with Crippen molar-refractivity contribution in [2.75, 3.05) is 18.0 Å². The van der Waals surface area contributed by atoms with Crippen LogP contribution >= 0.6 is 0 Å². The van der Waals surface area contributed by atoms with Crippen molar-refractivity contribution < 1.29 is 0 Å². The van der Waals surface area contributed by atoms with E-state index in [0.717, 1.165) is 30.7 Å². The molecule has 0 N–H and O–H groups in total. The predicted octanol–water partition coefficient (Wildman–Crippen LogP) is 3.73. The minimum absolute atomic E-state index is 0.0855. The number of aryl methyl sites for hydroxylation is 1. The highest BCUT2D eigenvalue weighted by Crippen LogP contribution is 2.33. The molecule has 3 heterocycles. The van der Waals surface area contributed by atoms with Crippen LogP contribution < -0.4 is 10.5 Å². The first-order valence-corrected chi connectivity index (χ1v) is 11.3. The van der Waals surface area contributed by atoms with Gasteiger partial charge in [0.15, 0.2) is 0 Å². The summed E-state index contributed by atoms with van der Waals surface area (Å²) >= 11 is 0. The number of nitriles is 2. The summed E-state index contributed by atoms with van der Waals surface area (Å²) in [5.74, 6) is 0. The summed E-state index contributed by atoms with van der Waals surface area (Å²) in [4.78, 5) is 22.1. The zero-order valence-electron chi connectivity index (χ0n) is 19.5.